The van der Waals surface area contributed by atoms with E-state index in [4.69, 9.17) is 0 Å². The van der Waals surface area contributed by atoms with Crippen LogP contribution >= 0.6 is 0 Å². The predicted molar refractivity (Wildman–Crippen MR) is 125 cm³/mol. The van der Waals surface area contributed by atoms with Gasteiger partial charge in [-0.25, -0.2) is 9.78 Å². The molecule has 0 unspecified atom stereocenters. The van der Waals surface area contributed by atoms with Gasteiger partial charge in [0.2, 0.25) is 5.91 Å². The number of nitrogens with one attached hydrogen (secondary N) is 2. The third kappa shape index (κ3) is 4.99. The quantitative estimate of drug-likeness (QED) is 0.590. The molecule has 1 fully saturated rings. The Bertz CT molecular complexity index is 1120. The third-order valence-corrected chi connectivity index (χ3v) is 6.11. The van der Waals surface area contributed by atoms with Crippen molar-refractivity contribution < 1.29 is 9.59 Å². The largest absolute Gasteiger partial charge is 0.339 e. The van der Waals surface area contributed by atoms with Crippen LogP contribution < -0.4 is 10.6 Å². The molecule has 1 saturated heterocycles. The standard InChI is InChI=1S/C25H29N5O2/c1-3-18(2)24(31)30-13-9-21(10-14-30)20-4-6-22(7-5-20)28-25(32)27-17-19-8-12-29-15-11-26-23(29)16-19/h3-8,11-12,15-16,21H,9-10,13-14,17H2,1-2H3,(H2,27,28,32). The van der Waals surface area contributed by atoms with Gasteiger partial charge in [0.1, 0.15) is 5.65 Å². The molecule has 0 bridgehead atoms. The van der Waals surface area contributed by atoms with Gasteiger partial charge in [-0.05, 0) is 68.0 Å². The Balaban J connectivity index is 1.26. The van der Waals surface area contributed by atoms with Gasteiger partial charge >= 0.3 is 6.03 Å². The number of carbonyl (C=O) groups excluding carboxylic acids is 2. The lowest BCUT2D eigenvalue weighted by atomic mass is 9.89. The Kier molecular flexibility index (Phi) is 6.54. The third-order valence-electron chi connectivity index (χ3n) is 6.11. The minimum atomic E-state index is -0.243. The van der Waals surface area contributed by atoms with E-state index in [0.717, 1.165) is 48.4 Å². The number of urea groups is 1. The fraction of sp³-hybridized carbons (Fsp3) is 0.320. The zero-order valence-electron chi connectivity index (χ0n) is 18.5. The highest BCUT2D eigenvalue weighted by atomic mass is 16.2. The lowest BCUT2D eigenvalue weighted by molar-refractivity contribution is -0.128. The fourth-order valence-corrected chi connectivity index (χ4v) is 4.05. The number of carbonyl (C=O) groups is 2. The lowest BCUT2D eigenvalue weighted by Crippen LogP contribution is -2.38. The number of hydrogen-bond donors (Lipinski definition) is 2. The maximum atomic E-state index is 12.3. The summed E-state index contributed by atoms with van der Waals surface area (Å²) in [4.78, 5) is 30.8. The molecule has 0 aliphatic carbocycles. The van der Waals surface area contributed by atoms with E-state index in [1.807, 2.05) is 65.9 Å². The van der Waals surface area contributed by atoms with Crippen molar-refractivity contribution in [3.63, 3.8) is 0 Å². The number of benzene rings is 1. The van der Waals surface area contributed by atoms with E-state index >= 15 is 0 Å². The van der Waals surface area contributed by atoms with Crippen LogP contribution in [0, 0.1) is 0 Å². The van der Waals surface area contributed by atoms with Crippen molar-refractivity contribution in [3.8, 4) is 0 Å². The summed E-state index contributed by atoms with van der Waals surface area (Å²) in [5, 5.41) is 5.77. The molecule has 0 radical (unpaired) electrons. The number of allylic oxidation sites excluding steroid dienone is 1. The number of likely N-dealkylation sites (tertiary alicyclic amines) is 1. The number of piperidine rings is 1. The summed E-state index contributed by atoms with van der Waals surface area (Å²) < 4.78 is 1.93. The van der Waals surface area contributed by atoms with Crippen molar-refractivity contribution in [3.05, 3.63) is 77.8 Å². The Hall–Kier alpha value is -3.61. The van der Waals surface area contributed by atoms with Crippen LogP contribution in [0.25, 0.3) is 5.65 Å². The number of nitrogens with zero attached hydrogens (tertiary/aromatic N) is 3. The van der Waals surface area contributed by atoms with E-state index in [-0.39, 0.29) is 11.9 Å². The van der Waals surface area contributed by atoms with Crippen LogP contribution in [-0.4, -0.2) is 39.3 Å². The summed E-state index contributed by atoms with van der Waals surface area (Å²) >= 11 is 0. The second kappa shape index (κ2) is 9.68. The van der Waals surface area contributed by atoms with Crippen LogP contribution in [0.4, 0.5) is 10.5 Å². The summed E-state index contributed by atoms with van der Waals surface area (Å²) in [6.07, 6.45) is 9.34. The van der Waals surface area contributed by atoms with Gasteiger partial charge in [-0.2, -0.15) is 0 Å². The Morgan fingerprint density at radius 2 is 1.88 bits per heavy atom. The second-order valence-electron chi connectivity index (χ2n) is 8.20. The van der Waals surface area contributed by atoms with Crippen molar-refractivity contribution in [1.82, 2.24) is 19.6 Å². The molecule has 7 heteroatoms. The molecule has 4 rings (SSSR count). The Morgan fingerprint density at radius 3 is 2.59 bits per heavy atom. The topological polar surface area (TPSA) is 78.7 Å². The van der Waals surface area contributed by atoms with E-state index in [2.05, 4.69) is 27.8 Å². The molecule has 7 nitrogen and oxygen atoms in total. The zero-order valence-corrected chi connectivity index (χ0v) is 18.5. The number of imidazole rings is 1. The van der Waals surface area contributed by atoms with Gasteiger partial charge in [-0.1, -0.05) is 18.2 Å². The van der Waals surface area contributed by atoms with Crippen molar-refractivity contribution in [2.75, 3.05) is 18.4 Å². The molecule has 3 aromatic rings. The smallest absolute Gasteiger partial charge is 0.319 e. The van der Waals surface area contributed by atoms with Gasteiger partial charge in [0.15, 0.2) is 0 Å². The zero-order chi connectivity index (χ0) is 22.5. The summed E-state index contributed by atoms with van der Waals surface area (Å²) in [6, 6.07) is 11.7. The molecule has 3 amide bonds. The number of amides is 3. The molecule has 1 aliphatic heterocycles. The average molecular weight is 432 g/mol. The molecule has 0 spiro atoms. The van der Waals surface area contributed by atoms with Crippen LogP contribution in [0.5, 0.6) is 0 Å². The van der Waals surface area contributed by atoms with Crippen LogP contribution in [0.2, 0.25) is 0 Å². The van der Waals surface area contributed by atoms with Crippen LogP contribution in [0.1, 0.15) is 43.7 Å². The number of aromatic nitrogens is 2. The molecule has 2 N–H and O–H groups in total. The van der Waals surface area contributed by atoms with Crippen molar-refractivity contribution in [2.45, 2.75) is 39.2 Å². The predicted octanol–water partition coefficient (Wildman–Crippen LogP) is 4.33. The van der Waals surface area contributed by atoms with E-state index in [9.17, 15) is 9.59 Å². The maximum Gasteiger partial charge on any atom is 0.319 e. The van der Waals surface area contributed by atoms with E-state index in [1.165, 1.54) is 5.56 Å². The van der Waals surface area contributed by atoms with Gasteiger partial charge < -0.3 is 19.9 Å². The van der Waals surface area contributed by atoms with Gasteiger partial charge in [0.05, 0.1) is 0 Å². The van der Waals surface area contributed by atoms with Gasteiger partial charge in [-0.15, -0.1) is 0 Å². The number of anilines is 1. The molecular weight excluding hydrogens is 402 g/mol. The molecule has 0 atom stereocenters. The van der Waals surface area contributed by atoms with Gasteiger partial charge in [0.25, 0.3) is 0 Å². The van der Waals surface area contributed by atoms with Crippen molar-refractivity contribution >= 4 is 23.3 Å². The summed E-state index contributed by atoms with van der Waals surface area (Å²) in [5.41, 5.74) is 4.65. The summed E-state index contributed by atoms with van der Waals surface area (Å²) in [6.45, 7) is 5.75. The minimum absolute atomic E-state index is 0.140. The van der Waals surface area contributed by atoms with Gasteiger partial charge in [-0.3, -0.25) is 4.79 Å². The second-order valence-corrected chi connectivity index (χ2v) is 8.20. The maximum absolute atomic E-state index is 12.3. The van der Waals surface area contributed by atoms with E-state index in [1.54, 1.807) is 6.20 Å². The average Bonchev–Trinajstić information content (AvgIpc) is 3.30. The molecule has 0 saturated carbocycles. The Morgan fingerprint density at radius 1 is 1.12 bits per heavy atom. The van der Waals surface area contributed by atoms with Crippen LogP contribution in [0.3, 0.4) is 0 Å². The highest BCUT2D eigenvalue weighted by molar-refractivity contribution is 5.92. The van der Waals surface area contributed by atoms with Crippen LogP contribution in [0.15, 0.2) is 66.6 Å². The SMILES string of the molecule is CC=C(C)C(=O)N1CCC(c2ccc(NC(=O)NCc3ccn4ccnc4c3)cc2)CC1. The van der Waals surface area contributed by atoms with Crippen molar-refractivity contribution in [1.29, 1.82) is 0 Å². The minimum Gasteiger partial charge on any atom is -0.339 e. The summed E-state index contributed by atoms with van der Waals surface area (Å²) in [5.74, 6) is 0.576. The first kappa shape index (κ1) is 21.6. The molecular formula is C25H29N5O2. The molecule has 166 valence electrons. The molecule has 2 aromatic heterocycles. The molecule has 32 heavy (non-hydrogen) atoms. The van der Waals surface area contributed by atoms with Crippen LogP contribution in [-0.2, 0) is 11.3 Å². The monoisotopic (exact) mass is 431 g/mol. The molecule has 1 aliphatic rings. The number of pyridine rings is 1. The number of fused-ring (bicyclic) bond motifs is 1. The van der Waals surface area contributed by atoms with E-state index < -0.39 is 0 Å². The Labute approximate surface area is 188 Å². The van der Waals surface area contributed by atoms with Crippen molar-refractivity contribution in [2.24, 2.45) is 0 Å². The van der Waals surface area contributed by atoms with E-state index in [0.29, 0.717) is 12.5 Å². The van der Waals surface area contributed by atoms with Gasteiger partial charge in [0, 0.05) is 49.5 Å². The molecule has 1 aromatic carbocycles. The number of rotatable bonds is 5. The highest BCUT2D eigenvalue weighted by Gasteiger charge is 2.24. The highest BCUT2D eigenvalue weighted by Crippen LogP contribution is 2.29. The first-order valence-electron chi connectivity index (χ1n) is 11.0. The fourth-order valence-electron chi connectivity index (χ4n) is 4.05. The lowest BCUT2D eigenvalue weighted by Gasteiger charge is -2.32. The normalized spacial score (nSPS) is 15.1. The number of hydrogen-bond acceptors (Lipinski definition) is 3. The summed E-state index contributed by atoms with van der Waals surface area (Å²) in [7, 11) is 0. The molecule has 3 heterocycles. The first-order chi connectivity index (χ1) is 15.5. The first-order valence-corrected chi connectivity index (χ1v) is 11.0.